The number of methoxy groups -OCH3 is 1. The van der Waals surface area contributed by atoms with E-state index >= 15 is 0 Å². The summed E-state index contributed by atoms with van der Waals surface area (Å²) in [7, 11) is 3.19. The van der Waals surface area contributed by atoms with E-state index in [1.54, 1.807) is 18.6 Å². The van der Waals surface area contributed by atoms with Crippen molar-refractivity contribution in [2.75, 3.05) is 7.11 Å². The van der Waals surface area contributed by atoms with Crippen LogP contribution in [0.25, 0.3) is 22.0 Å². The van der Waals surface area contributed by atoms with Gasteiger partial charge in [-0.15, -0.1) is 0 Å². The number of aromatic amines is 1. The molecule has 2 heterocycles. The zero-order chi connectivity index (χ0) is 20.5. The Balaban J connectivity index is 1.63. The van der Waals surface area contributed by atoms with E-state index < -0.39 is 17.6 Å². The Hall–Kier alpha value is -3.94. The zero-order valence-corrected chi connectivity index (χ0v) is 15.7. The standard InChI is InChI=1S/C21H17FN4O3/c1-26-11-18(17-4-3-12(7-19(17)26)14-9-23-24-10-14)21(28)25-20(27)13-5-15(22)8-16(6-13)29-2/h3-11H,1-2H3,(H,23,24)(H,25,27,28). The van der Waals surface area contributed by atoms with Crippen molar-refractivity contribution in [2.24, 2.45) is 7.05 Å². The third-order valence-corrected chi connectivity index (χ3v) is 4.66. The van der Waals surface area contributed by atoms with Crippen LogP contribution in [0.4, 0.5) is 4.39 Å². The third kappa shape index (κ3) is 3.47. The molecule has 4 rings (SSSR count). The highest BCUT2D eigenvalue weighted by Crippen LogP contribution is 2.27. The lowest BCUT2D eigenvalue weighted by Crippen LogP contribution is -2.30. The molecule has 2 aromatic carbocycles. The van der Waals surface area contributed by atoms with Gasteiger partial charge in [-0.3, -0.25) is 20.0 Å². The summed E-state index contributed by atoms with van der Waals surface area (Å²) in [5, 5.41) is 9.72. The average Bonchev–Trinajstić information content (AvgIpc) is 3.35. The van der Waals surface area contributed by atoms with E-state index in [0.29, 0.717) is 10.9 Å². The van der Waals surface area contributed by atoms with Crippen LogP contribution < -0.4 is 10.1 Å². The summed E-state index contributed by atoms with van der Waals surface area (Å²) in [5.74, 6) is -1.71. The van der Waals surface area contributed by atoms with Gasteiger partial charge in [-0.05, 0) is 23.8 Å². The number of rotatable bonds is 4. The number of ether oxygens (including phenoxy) is 1. The van der Waals surface area contributed by atoms with Gasteiger partial charge in [0.2, 0.25) is 0 Å². The second-order valence-corrected chi connectivity index (χ2v) is 6.54. The van der Waals surface area contributed by atoms with Crippen LogP contribution >= 0.6 is 0 Å². The maximum atomic E-state index is 13.6. The molecule has 0 atom stereocenters. The lowest BCUT2D eigenvalue weighted by molar-refractivity contribution is 0.0849. The number of hydrogen-bond donors (Lipinski definition) is 2. The predicted octanol–water partition coefficient (Wildman–Crippen LogP) is 3.29. The molecular weight excluding hydrogens is 375 g/mol. The highest BCUT2D eigenvalue weighted by molar-refractivity contribution is 6.15. The number of benzene rings is 2. The number of carbonyl (C=O) groups excluding carboxylic acids is 2. The summed E-state index contributed by atoms with van der Waals surface area (Å²) in [6.07, 6.45) is 5.14. The summed E-state index contributed by atoms with van der Waals surface area (Å²) >= 11 is 0. The molecule has 7 nitrogen and oxygen atoms in total. The largest absolute Gasteiger partial charge is 0.497 e. The van der Waals surface area contributed by atoms with Crippen LogP contribution in [-0.2, 0) is 7.05 Å². The van der Waals surface area contributed by atoms with E-state index in [9.17, 15) is 14.0 Å². The molecule has 0 fully saturated rings. The molecule has 146 valence electrons. The Bertz CT molecular complexity index is 1230. The minimum atomic E-state index is -0.708. The number of imide groups is 1. The van der Waals surface area contributed by atoms with Crippen molar-refractivity contribution in [1.29, 1.82) is 0 Å². The number of H-pyrrole nitrogens is 1. The fraction of sp³-hybridized carbons (Fsp3) is 0.0952. The van der Waals surface area contributed by atoms with Crippen LogP contribution in [0.15, 0.2) is 55.0 Å². The zero-order valence-electron chi connectivity index (χ0n) is 15.7. The number of hydrogen-bond acceptors (Lipinski definition) is 4. The molecule has 0 radical (unpaired) electrons. The van der Waals surface area contributed by atoms with E-state index in [2.05, 4.69) is 15.5 Å². The Morgan fingerprint density at radius 1 is 1.14 bits per heavy atom. The fourth-order valence-electron chi connectivity index (χ4n) is 3.21. The van der Waals surface area contributed by atoms with Crippen molar-refractivity contribution >= 4 is 22.7 Å². The summed E-state index contributed by atoms with van der Waals surface area (Å²) < 4.78 is 20.4. The molecule has 0 aliphatic rings. The second kappa shape index (κ2) is 7.23. The Morgan fingerprint density at radius 3 is 2.69 bits per heavy atom. The van der Waals surface area contributed by atoms with Crippen molar-refractivity contribution in [3.8, 4) is 16.9 Å². The van der Waals surface area contributed by atoms with Crippen LogP contribution in [0.1, 0.15) is 20.7 Å². The van der Waals surface area contributed by atoms with Gasteiger partial charge in [0.1, 0.15) is 11.6 Å². The van der Waals surface area contributed by atoms with E-state index in [4.69, 9.17) is 4.74 Å². The fourth-order valence-corrected chi connectivity index (χ4v) is 3.21. The van der Waals surface area contributed by atoms with Crippen LogP contribution in [0.5, 0.6) is 5.75 Å². The molecule has 2 amide bonds. The topological polar surface area (TPSA) is 89.0 Å². The summed E-state index contributed by atoms with van der Waals surface area (Å²) in [4.78, 5) is 25.2. The van der Waals surface area contributed by atoms with Gasteiger partial charge in [0, 0.05) is 47.5 Å². The number of aromatic nitrogens is 3. The van der Waals surface area contributed by atoms with Gasteiger partial charge in [0.05, 0.1) is 18.9 Å². The summed E-state index contributed by atoms with van der Waals surface area (Å²) in [5.41, 5.74) is 3.04. The first-order chi connectivity index (χ1) is 14.0. The molecule has 0 saturated heterocycles. The van der Waals surface area contributed by atoms with Gasteiger partial charge < -0.3 is 9.30 Å². The van der Waals surface area contributed by atoms with Crippen molar-refractivity contribution < 1.29 is 18.7 Å². The molecule has 0 spiro atoms. The second-order valence-electron chi connectivity index (χ2n) is 6.54. The summed E-state index contributed by atoms with van der Waals surface area (Å²) in [6.45, 7) is 0. The third-order valence-electron chi connectivity index (χ3n) is 4.66. The van der Waals surface area contributed by atoms with Crippen molar-refractivity contribution in [3.05, 3.63) is 71.9 Å². The Kier molecular flexibility index (Phi) is 4.59. The summed E-state index contributed by atoms with van der Waals surface area (Å²) in [6, 6.07) is 9.21. The number of halogens is 1. The van der Waals surface area contributed by atoms with E-state index in [-0.39, 0.29) is 11.3 Å². The van der Waals surface area contributed by atoms with Crippen LogP contribution in [0.3, 0.4) is 0 Å². The first-order valence-electron chi connectivity index (χ1n) is 8.75. The van der Waals surface area contributed by atoms with Crippen LogP contribution in [0.2, 0.25) is 0 Å². The average molecular weight is 392 g/mol. The van der Waals surface area contributed by atoms with Gasteiger partial charge in [-0.25, -0.2) is 4.39 Å². The molecule has 2 aromatic heterocycles. The highest BCUT2D eigenvalue weighted by Gasteiger charge is 2.19. The first kappa shape index (κ1) is 18.4. The van der Waals surface area contributed by atoms with Gasteiger partial charge in [0.25, 0.3) is 11.8 Å². The molecule has 0 unspecified atom stereocenters. The first-order valence-corrected chi connectivity index (χ1v) is 8.75. The lowest BCUT2D eigenvalue weighted by atomic mass is 10.1. The van der Waals surface area contributed by atoms with Gasteiger partial charge in [-0.1, -0.05) is 12.1 Å². The Morgan fingerprint density at radius 2 is 1.97 bits per heavy atom. The molecule has 2 N–H and O–H groups in total. The van der Waals surface area contributed by atoms with Gasteiger partial charge >= 0.3 is 0 Å². The minimum absolute atomic E-state index is 0.00215. The van der Waals surface area contributed by atoms with Crippen molar-refractivity contribution in [2.45, 2.75) is 0 Å². The number of nitrogens with zero attached hydrogens (tertiary/aromatic N) is 2. The number of amides is 2. The number of aryl methyl sites for hydroxylation is 1. The smallest absolute Gasteiger partial charge is 0.260 e. The monoisotopic (exact) mass is 392 g/mol. The van der Waals surface area contributed by atoms with E-state index in [1.807, 2.05) is 29.8 Å². The van der Waals surface area contributed by atoms with Crippen molar-refractivity contribution in [1.82, 2.24) is 20.1 Å². The maximum Gasteiger partial charge on any atom is 0.260 e. The quantitative estimate of drug-likeness (QED) is 0.522. The molecule has 0 aliphatic carbocycles. The molecule has 29 heavy (non-hydrogen) atoms. The number of nitrogens with one attached hydrogen (secondary N) is 2. The molecule has 8 heteroatoms. The predicted molar refractivity (Wildman–Crippen MR) is 105 cm³/mol. The Labute approximate surface area is 165 Å². The molecule has 0 saturated carbocycles. The SMILES string of the molecule is COc1cc(F)cc(C(=O)NC(=O)c2cn(C)c3cc(-c4cn[nH]c4)ccc23)c1. The molecule has 0 aliphatic heterocycles. The van der Waals surface area contributed by atoms with E-state index in [1.165, 1.54) is 13.2 Å². The van der Waals surface area contributed by atoms with E-state index in [0.717, 1.165) is 28.8 Å². The maximum absolute atomic E-state index is 13.6. The molecular formula is C21H17FN4O3. The van der Waals surface area contributed by atoms with Crippen LogP contribution in [-0.4, -0.2) is 33.7 Å². The molecule has 4 aromatic rings. The highest BCUT2D eigenvalue weighted by atomic mass is 19.1. The van der Waals surface area contributed by atoms with Crippen LogP contribution in [0, 0.1) is 5.82 Å². The lowest BCUT2D eigenvalue weighted by Gasteiger charge is -2.06. The normalized spacial score (nSPS) is 10.9. The van der Waals surface area contributed by atoms with Gasteiger partial charge in [-0.2, -0.15) is 5.10 Å². The van der Waals surface area contributed by atoms with Gasteiger partial charge in [0.15, 0.2) is 0 Å². The molecule has 0 bridgehead atoms. The number of carbonyl (C=O) groups is 2. The number of fused-ring (bicyclic) bond motifs is 1. The van der Waals surface area contributed by atoms with Crippen molar-refractivity contribution in [3.63, 3.8) is 0 Å². The minimum Gasteiger partial charge on any atom is -0.497 e.